The lowest BCUT2D eigenvalue weighted by atomic mass is 10.1. The van der Waals surface area contributed by atoms with E-state index < -0.39 is 11.9 Å². The fraction of sp³-hybridized carbons (Fsp3) is 0.130. The number of ether oxygens (including phenoxy) is 2. The van der Waals surface area contributed by atoms with E-state index in [4.69, 9.17) is 32.7 Å². The molecule has 2 aromatic carbocycles. The van der Waals surface area contributed by atoms with E-state index in [1.54, 1.807) is 53.5 Å². The zero-order chi connectivity index (χ0) is 24.1. The number of carbonyl (C=O) groups excluding carboxylic acids is 2. The number of hydrogen-bond donors (Lipinski definition) is 1. The highest BCUT2D eigenvalue weighted by atomic mass is 35.5. The third-order valence-corrected chi connectivity index (χ3v) is 5.30. The summed E-state index contributed by atoms with van der Waals surface area (Å²) in [5.74, 6) is -0.374. The first-order chi connectivity index (χ1) is 16.4. The third kappa shape index (κ3) is 5.56. The van der Waals surface area contributed by atoms with Crippen LogP contribution in [0.4, 0.5) is 5.69 Å². The third-order valence-electron chi connectivity index (χ3n) is 4.77. The highest BCUT2D eigenvalue weighted by Gasteiger charge is 2.14. The molecular formula is C23H19Cl2N5O4. The van der Waals surface area contributed by atoms with Crippen molar-refractivity contribution in [3.05, 3.63) is 94.0 Å². The van der Waals surface area contributed by atoms with Gasteiger partial charge in [0.15, 0.2) is 12.4 Å². The molecule has 0 bridgehead atoms. The molecule has 0 fully saturated rings. The van der Waals surface area contributed by atoms with Gasteiger partial charge in [0.25, 0.3) is 5.91 Å². The number of anilines is 1. The van der Waals surface area contributed by atoms with Gasteiger partial charge in [-0.2, -0.15) is 10.2 Å². The Kier molecular flexibility index (Phi) is 7.15. The van der Waals surface area contributed by atoms with Crippen molar-refractivity contribution in [3.8, 4) is 5.75 Å². The molecule has 1 N–H and O–H groups in total. The van der Waals surface area contributed by atoms with E-state index >= 15 is 0 Å². The summed E-state index contributed by atoms with van der Waals surface area (Å²) in [7, 11) is 1.33. The number of rotatable bonds is 8. The summed E-state index contributed by atoms with van der Waals surface area (Å²) in [6.45, 7) is 0.395. The van der Waals surface area contributed by atoms with Crippen molar-refractivity contribution >= 4 is 40.8 Å². The summed E-state index contributed by atoms with van der Waals surface area (Å²) in [5.41, 5.74) is 1.89. The smallest absolute Gasteiger partial charge is 0.338 e. The maximum absolute atomic E-state index is 12.6. The average Bonchev–Trinajstić information content (AvgIpc) is 3.48. The Hall–Kier alpha value is -3.82. The van der Waals surface area contributed by atoms with Crippen molar-refractivity contribution in [2.75, 3.05) is 12.4 Å². The van der Waals surface area contributed by atoms with Crippen molar-refractivity contribution in [1.82, 2.24) is 19.6 Å². The van der Waals surface area contributed by atoms with Crippen molar-refractivity contribution in [2.24, 2.45) is 0 Å². The average molecular weight is 500 g/mol. The molecule has 4 aromatic rings. The van der Waals surface area contributed by atoms with Crippen LogP contribution in [-0.2, 0) is 18.0 Å². The Morgan fingerprint density at radius 1 is 1.09 bits per heavy atom. The molecule has 0 spiro atoms. The molecule has 0 atom stereocenters. The SMILES string of the molecule is COC(=O)c1ccccc1Cn1cc(NC(=O)c2ccn(COc3ccc(Cl)cc3Cl)n2)cn1. The van der Waals surface area contributed by atoms with Gasteiger partial charge in [-0.05, 0) is 35.9 Å². The molecule has 11 heteroatoms. The second-order valence-electron chi connectivity index (χ2n) is 7.12. The molecule has 9 nitrogen and oxygen atoms in total. The maximum atomic E-state index is 12.6. The molecule has 4 rings (SSSR count). The number of amides is 1. The topological polar surface area (TPSA) is 100 Å². The van der Waals surface area contributed by atoms with Crippen molar-refractivity contribution < 1.29 is 19.1 Å². The summed E-state index contributed by atoms with van der Waals surface area (Å²) in [6.07, 6.45) is 4.79. The van der Waals surface area contributed by atoms with E-state index in [1.807, 2.05) is 12.1 Å². The van der Waals surface area contributed by atoms with Crippen LogP contribution in [0.5, 0.6) is 5.75 Å². The fourth-order valence-corrected chi connectivity index (χ4v) is 3.60. The summed E-state index contributed by atoms with van der Waals surface area (Å²) in [5, 5.41) is 12.1. The lowest BCUT2D eigenvalue weighted by Crippen LogP contribution is -2.14. The van der Waals surface area contributed by atoms with Gasteiger partial charge in [0.2, 0.25) is 0 Å². The Bertz CT molecular complexity index is 1330. The highest BCUT2D eigenvalue weighted by molar-refractivity contribution is 6.35. The summed E-state index contributed by atoms with van der Waals surface area (Å²) in [4.78, 5) is 24.5. The summed E-state index contributed by atoms with van der Waals surface area (Å²) >= 11 is 12.0. The van der Waals surface area contributed by atoms with Crippen LogP contribution in [0.15, 0.2) is 67.1 Å². The molecule has 34 heavy (non-hydrogen) atoms. The minimum atomic E-state index is -0.422. The molecular weight excluding hydrogens is 481 g/mol. The second-order valence-corrected chi connectivity index (χ2v) is 7.96. The van der Waals surface area contributed by atoms with Crippen LogP contribution in [0, 0.1) is 0 Å². The van der Waals surface area contributed by atoms with E-state index in [1.165, 1.54) is 18.0 Å². The number of nitrogens with zero attached hydrogens (tertiary/aromatic N) is 4. The van der Waals surface area contributed by atoms with Crippen molar-refractivity contribution in [1.29, 1.82) is 0 Å². The molecule has 0 saturated heterocycles. The van der Waals surface area contributed by atoms with E-state index in [9.17, 15) is 9.59 Å². The number of methoxy groups -OCH3 is 1. The first-order valence-corrected chi connectivity index (χ1v) is 10.8. The van der Waals surface area contributed by atoms with Gasteiger partial charge >= 0.3 is 5.97 Å². The van der Waals surface area contributed by atoms with Crippen LogP contribution >= 0.6 is 23.2 Å². The van der Waals surface area contributed by atoms with E-state index in [0.29, 0.717) is 33.6 Å². The van der Waals surface area contributed by atoms with Crippen LogP contribution in [0.2, 0.25) is 10.0 Å². The largest absolute Gasteiger partial charge is 0.470 e. The Morgan fingerprint density at radius 2 is 1.91 bits per heavy atom. The standard InChI is InChI=1S/C23H19Cl2N5O4/c1-33-23(32)18-5-3-2-4-15(18)12-30-13-17(11-26-30)27-22(31)20-8-9-29(28-20)14-34-21-7-6-16(24)10-19(21)25/h2-11,13H,12,14H2,1H3,(H,27,31). The molecule has 0 aliphatic carbocycles. The number of aromatic nitrogens is 4. The van der Waals surface area contributed by atoms with Gasteiger partial charge in [0.05, 0.1) is 36.1 Å². The quantitative estimate of drug-likeness (QED) is 0.358. The fourth-order valence-electron chi connectivity index (χ4n) is 3.13. The molecule has 0 saturated carbocycles. The van der Waals surface area contributed by atoms with Gasteiger partial charge in [-0.25, -0.2) is 9.48 Å². The summed E-state index contributed by atoms with van der Waals surface area (Å²) in [6, 6.07) is 13.6. The number of benzene rings is 2. The number of esters is 1. The molecule has 1 amide bonds. The minimum absolute atomic E-state index is 0.0617. The van der Waals surface area contributed by atoms with E-state index in [-0.39, 0.29) is 12.4 Å². The Labute approximate surface area is 204 Å². The first-order valence-electron chi connectivity index (χ1n) is 10.0. The lowest BCUT2D eigenvalue weighted by molar-refractivity contribution is 0.0599. The number of halogens is 2. The summed E-state index contributed by atoms with van der Waals surface area (Å²) < 4.78 is 13.5. The zero-order valence-corrected chi connectivity index (χ0v) is 19.5. The van der Waals surface area contributed by atoms with Crippen LogP contribution in [0.25, 0.3) is 0 Å². The molecule has 0 aliphatic rings. The Balaban J connectivity index is 1.36. The van der Waals surface area contributed by atoms with E-state index in [2.05, 4.69) is 15.5 Å². The van der Waals surface area contributed by atoms with E-state index in [0.717, 1.165) is 5.56 Å². The van der Waals surface area contributed by atoms with Gasteiger partial charge in [-0.1, -0.05) is 41.4 Å². The van der Waals surface area contributed by atoms with Gasteiger partial charge in [-0.15, -0.1) is 0 Å². The molecule has 2 aromatic heterocycles. The highest BCUT2D eigenvalue weighted by Crippen LogP contribution is 2.27. The number of nitrogens with one attached hydrogen (secondary N) is 1. The van der Waals surface area contributed by atoms with Crippen molar-refractivity contribution in [2.45, 2.75) is 13.3 Å². The predicted octanol–water partition coefficient (Wildman–Crippen LogP) is 4.51. The molecule has 0 unspecified atom stereocenters. The molecule has 0 radical (unpaired) electrons. The second kappa shape index (κ2) is 10.4. The molecule has 2 heterocycles. The molecule has 0 aliphatic heterocycles. The Morgan fingerprint density at radius 3 is 2.71 bits per heavy atom. The van der Waals surface area contributed by atoms with Crippen LogP contribution in [0.3, 0.4) is 0 Å². The number of hydrogen-bond acceptors (Lipinski definition) is 6. The van der Waals surface area contributed by atoms with Gasteiger partial charge in [0, 0.05) is 17.4 Å². The van der Waals surface area contributed by atoms with Crippen molar-refractivity contribution in [3.63, 3.8) is 0 Å². The zero-order valence-electron chi connectivity index (χ0n) is 17.9. The monoisotopic (exact) mass is 499 g/mol. The predicted molar refractivity (Wildman–Crippen MR) is 126 cm³/mol. The van der Waals surface area contributed by atoms with Gasteiger partial charge < -0.3 is 14.8 Å². The minimum Gasteiger partial charge on any atom is -0.470 e. The van der Waals surface area contributed by atoms with Crippen LogP contribution in [-0.4, -0.2) is 38.5 Å². The van der Waals surface area contributed by atoms with Gasteiger partial charge in [-0.3, -0.25) is 9.48 Å². The maximum Gasteiger partial charge on any atom is 0.338 e. The number of carbonyl (C=O) groups is 2. The molecule has 174 valence electrons. The van der Waals surface area contributed by atoms with Crippen LogP contribution < -0.4 is 10.1 Å². The van der Waals surface area contributed by atoms with Gasteiger partial charge in [0.1, 0.15) is 5.75 Å². The normalized spacial score (nSPS) is 10.7. The lowest BCUT2D eigenvalue weighted by Gasteiger charge is -2.08. The first kappa shape index (κ1) is 23.3. The van der Waals surface area contributed by atoms with Crippen LogP contribution in [0.1, 0.15) is 26.4 Å².